The maximum Gasteiger partial charge on any atom is 0.326 e. The lowest BCUT2D eigenvalue weighted by molar-refractivity contribution is 0.253. The number of benzene rings is 1. The number of primary amides is 1. The Bertz CT molecular complexity index is 458. The van der Waals surface area contributed by atoms with E-state index in [4.69, 9.17) is 5.73 Å². The van der Waals surface area contributed by atoms with Gasteiger partial charge in [-0.05, 0) is 28.1 Å². The van der Waals surface area contributed by atoms with Crippen molar-refractivity contribution in [2.24, 2.45) is 5.73 Å². The second kappa shape index (κ2) is 3.97. The van der Waals surface area contributed by atoms with Gasteiger partial charge < -0.3 is 5.73 Å². The fourth-order valence-electron chi connectivity index (χ4n) is 0.850. The number of nitrogens with one attached hydrogen (secondary N) is 1. The third-order valence-electron chi connectivity index (χ3n) is 1.36. The van der Waals surface area contributed by atoms with E-state index >= 15 is 0 Å². The van der Waals surface area contributed by atoms with Crippen molar-refractivity contribution in [3.63, 3.8) is 0 Å². The Morgan fingerprint density at radius 1 is 1.36 bits per heavy atom. The highest BCUT2D eigenvalue weighted by molar-refractivity contribution is 9.10. The number of carbonyl (C=O) groups is 1. The number of sulfonamides is 1. The predicted octanol–water partition coefficient (Wildman–Crippen LogP) is 0.806. The Morgan fingerprint density at radius 2 is 1.93 bits per heavy atom. The van der Waals surface area contributed by atoms with Crippen LogP contribution in [0.3, 0.4) is 0 Å². The van der Waals surface area contributed by atoms with Crippen LogP contribution in [0.5, 0.6) is 0 Å². The topological polar surface area (TPSA) is 89.3 Å². The van der Waals surface area contributed by atoms with Gasteiger partial charge >= 0.3 is 6.03 Å². The number of rotatable bonds is 2. The molecular weight excluding hydrogens is 272 g/mol. The molecule has 0 aliphatic carbocycles. The van der Waals surface area contributed by atoms with Gasteiger partial charge in [-0.1, -0.05) is 12.1 Å². The van der Waals surface area contributed by atoms with Gasteiger partial charge in [-0.2, -0.15) is 0 Å². The molecule has 0 atom stereocenters. The molecule has 0 aliphatic heterocycles. The van der Waals surface area contributed by atoms with E-state index in [1.54, 1.807) is 22.9 Å². The van der Waals surface area contributed by atoms with Crippen molar-refractivity contribution in [1.29, 1.82) is 0 Å². The van der Waals surface area contributed by atoms with Crippen LogP contribution in [0.4, 0.5) is 4.79 Å². The van der Waals surface area contributed by atoms with Gasteiger partial charge in [0, 0.05) is 4.47 Å². The molecule has 0 aromatic heterocycles. The molecule has 0 spiro atoms. The zero-order valence-electron chi connectivity index (χ0n) is 6.90. The number of nitrogens with two attached hydrogens (primary N) is 1. The van der Waals surface area contributed by atoms with Crippen LogP contribution in [0.1, 0.15) is 0 Å². The Labute approximate surface area is 89.5 Å². The second-order valence-electron chi connectivity index (χ2n) is 2.40. The molecule has 0 heterocycles. The summed E-state index contributed by atoms with van der Waals surface area (Å²) in [6.07, 6.45) is 0. The summed E-state index contributed by atoms with van der Waals surface area (Å²) in [5, 5.41) is 0. The smallest absolute Gasteiger partial charge is 0.326 e. The van der Waals surface area contributed by atoms with Crippen LogP contribution >= 0.6 is 15.9 Å². The van der Waals surface area contributed by atoms with Crippen molar-refractivity contribution in [2.75, 3.05) is 0 Å². The molecule has 7 heteroatoms. The van der Waals surface area contributed by atoms with Crippen molar-refractivity contribution >= 4 is 32.0 Å². The standard InChI is InChI=1S/C7H7BrN2O3S/c8-5-3-1-2-4-6(5)14(12,13)10-7(9)11/h1-4H,(H3,9,10,11). The molecule has 2 amide bonds. The maximum absolute atomic E-state index is 11.4. The fraction of sp³-hybridized carbons (Fsp3) is 0. The van der Waals surface area contributed by atoms with E-state index in [1.807, 2.05) is 0 Å². The van der Waals surface area contributed by atoms with E-state index in [0.29, 0.717) is 4.47 Å². The molecule has 0 radical (unpaired) electrons. The Morgan fingerprint density at radius 3 is 2.43 bits per heavy atom. The highest BCUT2D eigenvalue weighted by atomic mass is 79.9. The summed E-state index contributed by atoms with van der Waals surface area (Å²) < 4.78 is 24.9. The molecule has 14 heavy (non-hydrogen) atoms. The van der Waals surface area contributed by atoms with E-state index in [-0.39, 0.29) is 4.90 Å². The quantitative estimate of drug-likeness (QED) is 0.839. The van der Waals surface area contributed by atoms with E-state index in [0.717, 1.165) is 0 Å². The van der Waals surface area contributed by atoms with Crippen LogP contribution < -0.4 is 10.5 Å². The highest BCUT2D eigenvalue weighted by Crippen LogP contribution is 2.20. The summed E-state index contributed by atoms with van der Waals surface area (Å²) in [5.74, 6) is 0. The molecule has 0 saturated carbocycles. The lowest BCUT2D eigenvalue weighted by Crippen LogP contribution is -2.35. The molecular formula is C7H7BrN2O3S. The SMILES string of the molecule is NC(=O)NS(=O)(=O)c1ccccc1Br. The molecule has 0 saturated heterocycles. The minimum Gasteiger partial charge on any atom is -0.351 e. The highest BCUT2D eigenvalue weighted by Gasteiger charge is 2.18. The minimum atomic E-state index is -3.86. The molecule has 1 aromatic carbocycles. The summed E-state index contributed by atoms with van der Waals surface area (Å²) in [6, 6.07) is 5.00. The number of halogens is 1. The van der Waals surface area contributed by atoms with Crippen molar-refractivity contribution in [3.05, 3.63) is 28.7 Å². The number of hydrogen-bond acceptors (Lipinski definition) is 3. The summed E-state index contributed by atoms with van der Waals surface area (Å²) >= 11 is 3.05. The van der Waals surface area contributed by atoms with E-state index in [2.05, 4.69) is 15.9 Å². The predicted molar refractivity (Wildman–Crippen MR) is 54.0 cm³/mol. The van der Waals surface area contributed by atoms with Crippen LogP contribution in [-0.4, -0.2) is 14.4 Å². The van der Waals surface area contributed by atoms with Gasteiger partial charge in [-0.15, -0.1) is 0 Å². The Kier molecular flexibility index (Phi) is 3.12. The number of carbonyl (C=O) groups excluding carboxylic acids is 1. The van der Waals surface area contributed by atoms with Gasteiger partial charge in [0.25, 0.3) is 10.0 Å². The number of urea groups is 1. The molecule has 0 fully saturated rings. The third kappa shape index (κ3) is 2.46. The van der Waals surface area contributed by atoms with E-state index in [1.165, 1.54) is 6.07 Å². The van der Waals surface area contributed by atoms with Gasteiger partial charge in [-0.25, -0.2) is 17.9 Å². The molecule has 76 valence electrons. The lowest BCUT2D eigenvalue weighted by atomic mass is 10.4. The van der Waals surface area contributed by atoms with E-state index in [9.17, 15) is 13.2 Å². The first-order valence-corrected chi connectivity index (χ1v) is 5.78. The lowest BCUT2D eigenvalue weighted by Gasteiger charge is -2.05. The van der Waals surface area contributed by atoms with Gasteiger partial charge in [0.15, 0.2) is 0 Å². The summed E-state index contributed by atoms with van der Waals surface area (Å²) in [5.41, 5.74) is 4.72. The molecule has 0 unspecified atom stereocenters. The molecule has 5 nitrogen and oxygen atoms in total. The van der Waals surface area contributed by atoms with Crippen LogP contribution in [0, 0.1) is 0 Å². The van der Waals surface area contributed by atoms with Crippen LogP contribution in [-0.2, 0) is 10.0 Å². The van der Waals surface area contributed by atoms with Gasteiger partial charge in [0.1, 0.15) is 4.90 Å². The van der Waals surface area contributed by atoms with Crippen molar-refractivity contribution < 1.29 is 13.2 Å². The minimum absolute atomic E-state index is 0.0289. The van der Waals surface area contributed by atoms with Gasteiger partial charge in [-0.3, -0.25) is 0 Å². The average molecular weight is 279 g/mol. The average Bonchev–Trinajstić information content (AvgIpc) is 2.02. The largest absolute Gasteiger partial charge is 0.351 e. The maximum atomic E-state index is 11.4. The summed E-state index contributed by atoms with van der Waals surface area (Å²) in [4.78, 5) is 10.4. The zero-order chi connectivity index (χ0) is 10.8. The summed E-state index contributed by atoms with van der Waals surface area (Å²) in [6.45, 7) is 0. The Hall–Kier alpha value is -1.08. The van der Waals surface area contributed by atoms with Crippen LogP contribution in [0.2, 0.25) is 0 Å². The molecule has 0 aliphatic rings. The van der Waals surface area contributed by atoms with Crippen LogP contribution in [0.25, 0.3) is 0 Å². The van der Waals surface area contributed by atoms with Crippen molar-refractivity contribution in [3.8, 4) is 0 Å². The monoisotopic (exact) mass is 278 g/mol. The first kappa shape index (κ1) is 11.0. The summed E-state index contributed by atoms with van der Waals surface area (Å²) in [7, 11) is -3.86. The fourth-order valence-corrected chi connectivity index (χ4v) is 2.73. The molecule has 1 aromatic rings. The first-order valence-electron chi connectivity index (χ1n) is 3.50. The normalized spacial score (nSPS) is 10.9. The number of hydrogen-bond donors (Lipinski definition) is 2. The first-order chi connectivity index (χ1) is 6.43. The van der Waals surface area contributed by atoms with Gasteiger partial charge in [0.05, 0.1) is 0 Å². The second-order valence-corrected chi connectivity index (χ2v) is 4.91. The third-order valence-corrected chi connectivity index (χ3v) is 3.72. The van der Waals surface area contributed by atoms with Crippen molar-refractivity contribution in [2.45, 2.75) is 4.90 Å². The van der Waals surface area contributed by atoms with Crippen LogP contribution in [0.15, 0.2) is 33.6 Å². The molecule has 3 N–H and O–H groups in total. The molecule has 1 rings (SSSR count). The Balaban J connectivity index is 3.17. The van der Waals surface area contributed by atoms with Crippen molar-refractivity contribution in [1.82, 2.24) is 4.72 Å². The zero-order valence-corrected chi connectivity index (χ0v) is 9.30. The van der Waals surface area contributed by atoms with E-state index < -0.39 is 16.1 Å². The number of amides is 2. The molecule has 0 bridgehead atoms. The van der Waals surface area contributed by atoms with Gasteiger partial charge in [0.2, 0.25) is 0 Å².